The second-order valence-electron chi connectivity index (χ2n) is 11.6. The first kappa shape index (κ1) is 28.5. The van der Waals surface area contributed by atoms with Gasteiger partial charge in [-0.15, -0.1) is 6.58 Å². The van der Waals surface area contributed by atoms with Crippen molar-refractivity contribution in [3.63, 3.8) is 0 Å². The molecule has 0 aliphatic carbocycles. The number of aliphatic hydroxyl groups excluding tert-OH is 2. The maximum absolute atomic E-state index is 10.6. The molecule has 0 saturated carbocycles. The molecule has 2 N–H and O–H groups in total. The molecule has 3 nitrogen and oxygen atoms in total. The van der Waals surface area contributed by atoms with E-state index in [1.54, 1.807) is 0 Å². The van der Waals surface area contributed by atoms with Gasteiger partial charge in [0.25, 0.3) is 8.32 Å². The van der Waals surface area contributed by atoms with Crippen molar-refractivity contribution in [1.82, 2.24) is 0 Å². The smallest absolute Gasteiger partial charge is 0.261 e. The van der Waals surface area contributed by atoms with E-state index in [0.717, 1.165) is 6.42 Å². The Morgan fingerprint density at radius 1 is 0.941 bits per heavy atom. The van der Waals surface area contributed by atoms with Crippen LogP contribution in [0.2, 0.25) is 5.04 Å². The molecule has 0 heterocycles. The van der Waals surface area contributed by atoms with Gasteiger partial charge in [-0.05, 0) is 51.9 Å². The minimum atomic E-state index is -2.53. The van der Waals surface area contributed by atoms with Gasteiger partial charge in [-0.1, -0.05) is 108 Å². The van der Waals surface area contributed by atoms with Gasteiger partial charge in [-0.25, -0.2) is 0 Å². The summed E-state index contributed by atoms with van der Waals surface area (Å²) in [6.07, 6.45) is 3.66. The van der Waals surface area contributed by atoms with Crippen LogP contribution in [-0.2, 0) is 4.43 Å². The van der Waals surface area contributed by atoms with Gasteiger partial charge in [-0.3, -0.25) is 0 Å². The second-order valence-corrected chi connectivity index (χ2v) is 15.9. The highest BCUT2D eigenvalue weighted by Gasteiger charge is 2.50. The van der Waals surface area contributed by atoms with Gasteiger partial charge in [0.1, 0.15) is 0 Å². The van der Waals surface area contributed by atoms with Crippen molar-refractivity contribution >= 4 is 18.7 Å². The fourth-order valence-corrected chi connectivity index (χ4v) is 9.61. The number of rotatable bonds is 13. The van der Waals surface area contributed by atoms with E-state index in [1.807, 2.05) is 19.9 Å². The van der Waals surface area contributed by atoms with Gasteiger partial charge in [-0.2, -0.15) is 0 Å². The number of hydrogen-bond acceptors (Lipinski definition) is 3. The van der Waals surface area contributed by atoms with Gasteiger partial charge >= 0.3 is 0 Å². The van der Waals surface area contributed by atoms with Crippen molar-refractivity contribution in [3.05, 3.63) is 73.3 Å². The normalized spacial score (nSPS) is 15.5. The summed E-state index contributed by atoms with van der Waals surface area (Å²) in [6, 6.07) is 21.5. The molecule has 1 unspecified atom stereocenters. The van der Waals surface area contributed by atoms with E-state index in [9.17, 15) is 10.2 Å². The van der Waals surface area contributed by atoms with Crippen molar-refractivity contribution in [1.29, 1.82) is 0 Å². The molecule has 34 heavy (non-hydrogen) atoms. The Bertz CT molecular complexity index is 818. The summed E-state index contributed by atoms with van der Waals surface area (Å²) in [5.74, 6) is 0.537. The minimum absolute atomic E-state index is 0.0388. The Morgan fingerprint density at radius 2 is 1.44 bits per heavy atom. The third-order valence-corrected chi connectivity index (χ3v) is 12.1. The SMILES string of the molecule is C=C[C@@H](CC(O)CC(C)(C)CO)[C@H](C)CCO[Si](c1ccccc1)(c1ccccc1)C(C)(C)C. The summed E-state index contributed by atoms with van der Waals surface area (Å²) in [6.45, 7) is 17.9. The summed E-state index contributed by atoms with van der Waals surface area (Å²) in [7, 11) is -2.53. The van der Waals surface area contributed by atoms with Crippen LogP contribution < -0.4 is 10.4 Å². The molecule has 0 saturated heterocycles. The monoisotopic (exact) mass is 482 g/mol. The molecule has 0 bridgehead atoms. The maximum Gasteiger partial charge on any atom is 0.261 e. The van der Waals surface area contributed by atoms with E-state index in [0.29, 0.717) is 25.4 Å². The Labute approximate surface area is 209 Å². The molecule has 4 heteroatoms. The van der Waals surface area contributed by atoms with Crippen LogP contribution >= 0.6 is 0 Å². The first-order valence-corrected chi connectivity index (χ1v) is 14.5. The molecule has 2 rings (SSSR count). The average molecular weight is 483 g/mol. The van der Waals surface area contributed by atoms with Crippen LogP contribution in [0.1, 0.15) is 60.8 Å². The van der Waals surface area contributed by atoms with Crippen LogP contribution in [0.25, 0.3) is 0 Å². The molecule has 3 atom stereocenters. The predicted molar refractivity (Wildman–Crippen MR) is 147 cm³/mol. The first-order chi connectivity index (χ1) is 16.0. The Morgan fingerprint density at radius 3 is 1.85 bits per heavy atom. The molecule has 0 radical (unpaired) electrons. The van der Waals surface area contributed by atoms with Crippen LogP contribution in [0.4, 0.5) is 0 Å². The standard InChI is InChI=1S/C30H46O3Si/c1-8-25(21-26(32)22-30(6,7)23-31)24(2)19-20-33-34(29(3,4)5,27-15-11-9-12-16-27)28-17-13-10-14-18-28/h8-18,24-26,31-32H,1,19-23H2,2-7H3/t24-,25+,26?/m1/s1. The second kappa shape index (κ2) is 12.3. The molecular formula is C30H46O3Si. The quantitative estimate of drug-likeness (QED) is 0.291. The average Bonchev–Trinajstić information content (AvgIpc) is 2.80. The lowest BCUT2D eigenvalue weighted by Gasteiger charge is -2.43. The zero-order valence-electron chi connectivity index (χ0n) is 22.1. The van der Waals surface area contributed by atoms with Crippen LogP contribution in [0.5, 0.6) is 0 Å². The van der Waals surface area contributed by atoms with Crippen molar-refractivity contribution in [3.8, 4) is 0 Å². The van der Waals surface area contributed by atoms with Gasteiger partial charge in [0.2, 0.25) is 0 Å². The Balaban J connectivity index is 2.20. The van der Waals surface area contributed by atoms with Gasteiger partial charge in [0, 0.05) is 13.2 Å². The lowest BCUT2D eigenvalue weighted by Crippen LogP contribution is -2.66. The number of aliphatic hydroxyl groups is 2. The molecule has 0 spiro atoms. The van der Waals surface area contributed by atoms with E-state index >= 15 is 0 Å². The van der Waals surface area contributed by atoms with Crippen LogP contribution in [0, 0.1) is 17.3 Å². The Kier molecular flexibility index (Phi) is 10.3. The third-order valence-electron chi connectivity index (χ3n) is 7.10. The van der Waals surface area contributed by atoms with Gasteiger partial charge in [0.15, 0.2) is 0 Å². The van der Waals surface area contributed by atoms with E-state index < -0.39 is 14.4 Å². The molecule has 188 valence electrons. The lowest BCUT2D eigenvalue weighted by atomic mass is 9.81. The first-order valence-electron chi connectivity index (χ1n) is 12.6. The minimum Gasteiger partial charge on any atom is -0.407 e. The lowest BCUT2D eigenvalue weighted by molar-refractivity contribution is 0.0562. The highest BCUT2D eigenvalue weighted by molar-refractivity contribution is 6.99. The molecule has 0 fully saturated rings. The Hall–Kier alpha value is -1.72. The summed E-state index contributed by atoms with van der Waals surface area (Å²) < 4.78 is 7.04. The molecule has 2 aromatic rings. The van der Waals surface area contributed by atoms with E-state index in [-0.39, 0.29) is 23.0 Å². The fourth-order valence-electron chi connectivity index (χ4n) is 5.03. The van der Waals surface area contributed by atoms with E-state index in [1.165, 1.54) is 10.4 Å². The van der Waals surface area contributed by atoms with Crippen LogP contribution in [0.15, 0.2) is 73.3 Å². The highest BCUT2D eigenvalue weighted by atomic mass is 28.4. The number of hydrogen-bond donors (Lipinski definition) is 2. The molecule has 0 aliphatic heterocycles. The molecular weight excluding hydrogens is 436 g/mol. The van der Waals surface area contributed by atoms with E-state index in [2.05, 4.69) is 94.9 Å². The van der Waals surface area contributed by atoms with Crippen LogP contribution in [0.3, 0.4) is 0 Å². The van der Waals surface area contributed by atoms with Crippen molar-refractivity contribution in [2.24, 2.45) is 17.3 Å². The van der Waals surface area contributed by atoms with Crippen LogP contribution in [-0.4, -0.2) is 37.8 Å². The maximum atomic E-state index is 10.6. The largest absolute Gasteiger partial charge is 0.407 e. The zero-order valence-corrected chi connectivity index (χ0v) is 23.1. The number of benzene rings is 2. The molecule has 0 amide bonds. The topological polar surface area (TPSA) is 49.7 Å². The summed E-state index contributed by atoms with van der Waals surface area (Å²) in [5.41, 5.74) is -0.277. The predicted octanol–water partition coefficient (Wildman–Crippen LogP) is 5.55. The van der Waals surface area contributed by atoms with Gasteiger partial charge < -0.3 is 14.6 Å². The third kappa shape index (κ3) is 7.14. The molecule has 0 aliphatic rings. The highest BCUT2D eigenvalue weighted by Crippen LogP contribution is 2.37. The molecule has 2 aromatic carbocycles. The summed E-state index contributed by atoms with van der Waals surface area (Å²) in [5, 5.41) is 22.7. The van der Waals surface area contributed by atoms with E-state index in [4.69, 9.17) is 4.43 Å². The van der Waals surface area contributed by atoms with Crippen molar-refractivity contribution in [2.45, 2.75) is 71.9 Å². The summed E-state index contributed by atoms with van der Waals surface area (Å²) in [4.78, 5) is 0. The van der Waals surface area contributed by atoms with Crippen molar-refractivity contribution in [2.75, 3.05) is 13.2 Å². The fraction of sp³-hybridized carbons (Fsp3) is 0.533. The van der Waals surface area contributed by atoms with Gasteiger partial charge in [0.05, 0.1) is 6.10 Å². The van der Waals surface area contributed by atoms with Crippen molar-refractivity contribution < 1.29 is 14.6 Å². The summed E-state index contributed by atoms with van der Waals surface area (Å²) >= 11 is 0. The molecule has 0 aromatic heterocycles. The number of allylic oxidation sites excluding steroid dienone is 1. The zero-order chi connectivity index (χ0) is 25.4.